The third-order valence-electron chi connectivity index (χ3n) is 4.22. The van der Waals surface area contributed by atoms with Crippen LogP contribution in [0.15, 0.2) is 61.2 Å². The molecule has 3 nitrogen and oxygen atoms in total. The van der Waals surface area contributed by atoms with Crippen LogP contribution < -0.4 is 0 Å². The first-order valence-electron chi connectivity index (χ1n) is 7.54. The number of carbonyl (C=O) groups excluding carboxylic acids is 1. The molecule has 0 saturated heterocycles. The molecule has 1 unspecified atom stereocenters. The number of hydrogen-bond donors (Lipinski definition) is 0. The lowest BCUT2D eigenvalue weighted by atomic mass is 9.89. The maximum atomic E-state index is 12.8. The number of Topliss-reactive ketones (excluding diaryl/α,β-unsaturated/α-hetero) is 1. The van der Waals surface area contributed by atoms with Gasteiger partial charge in [0.05, 0.1) is 6.33 Å². The topological polar surface area (TPSA) is 34.9 Å². The van der Waals surface area contributed by atoms with Crippen molar-refractivity contribution in [3.8, 4) is 0 Å². The first kappa shape index (κ1) is 13.0. The second-order valence-corrected chi connectivity index (χ2v) is 5.62. The van der Waals surface area contributed by atoms with Gasteiger partial charge < -0.3 is 4.57 Å². The van der Waals surface area contributed by atoms with Crippen LogP contribution in [0.1, 0.15) is 40.4 Å². The van der Waals surface area contributed by atoms with Crippen LogP contribution >= 0.6 is 0 Å². The van der Waals surface area contributed by atoms with Gasteiger partial charge in [0, 0.05) is 18.0 Å². The van der Waals surface area contributed by atoms with E-state index in [0.29, 0.717) is 0 Å². The maximum absolute atomic E-state index is 12.8. The summed E-state index contributed by atoms with van der Waals surface area (Å²) >= 11 is 0. The van der Waals surface area contributed by atoms with Crippen LogP contribution in [0.25, 0.3) is 11.6 Å². The van der Waals surface area contributed by atoms with Crippen molar-refractivity contribution in [1.82, 2.24) is 9.55 Å². The van der Waals surface area contributed by atoms with Crippen LogP contribution in [-0.4, -0.2) is 15.3 Å². The van der Waals surface area contributed by atoms with E-state index < -0.39 is 0 Å². The molecule has 0 radical (unpaired) electrons. The second kappa shape index (κ2) is 5.26. The standard InChI is InChI=1S/C19H16N2O/c22-19-17-12-16(14-4-2-1-3-5-14)7-6-15(17)8-9-18(19)21-11-10-20-13-21/h2,4-13,18H,1,3H2. The van der Waals surface area contributed by atoms with E-state index in [-0.39, 0.29) is 11.8 Å². The quantitative estimate of drug-likeness (QED) is 0.835. The van der Waals surface area contributed by atoms with Gasteiger partial charge in [-0.15, -0.1) is 0 Å². The van der Waals surface area contributed by atoms with Crippen molar-refractivity contribution in [3.05, 3.63) is 77.9 Å². The Morgan fingerprint density at radius 3 is 2.91 bits per heavy atom. The van der Waals surface area contributed by atoms with E-state index in [2.05, 4.69) is 29.3 Å². The number of fused-ring (bicyclic) bond motifs is 1. The first-order chi connectivity index (χ1) is 10.8. The number of aromatic nitrogens is 2. The molecule has 0 N–H and O–H groups in total. The zero-order chi connectivity index (χ0) is 14.9. The van der Waals surface area contributed by atoms with Gasteiger partial charge in [0.1, 0.15) is 6.04 Å². The van der Waals surface area contributed by atoms with Gasteiger partial charge in [-0.25, -0.2) is 4.98 Å². The van der Waals surface area contributed by atoms with Crippen LogP contribution in [-0.2, 0) is 0 Å². The summed E-state index contributed by atoms with van der Waals surface area (Å²) in [5, 5.41) is 0. The number of nitrogens with zero attached hydrogens (tertiary/aromatic N) is 2. The minimum absolute atomic E-state index is 0.123. The van der Waals surface area contributed by atoms with Crippen molar-refractivity contribution in [1.29, 1.82) is 0 Å². The molecule has 0 spiro atoms. The molecule has 0 amide bonds. The van der Waals surface area contributed by atoms with E-state index in [1.807, 2.05) is 35.0 Å². The van der Waals surface area contributed by atoms with E-state index in [0.717, 1.165) is 29.5 Å². The summed E-state index contributed by atoms with van der Waals surface area (Å²) in [4.78, 5) is 16.9. The smallest absolute Gasteiger partial charge is 0.190 e. The Balaban J connectivity index is 1.75. The van der Waals surface area contributed by atoms with Gasteiger partial charge in [-0.1, -0.05) is 42.5 Å². The third-order valence-corrected chi connectivity index (χ3v) is 4.22. The molecule has 1 heterocycles. The first-order valence-corrected chi connectivity index (χ1v) is 7.54. The highest BCUT2D eigenvalue weighted by Gasteiger charge is 2.25. The number of hydrogen-bond acceptors (Lipinski definition) is 2. The normalized spacial score (nSPS) is 19.9. The number of ketones is 1. The molecule has 108 valence electrons. The summed E-state index contributed by atoms with van der Waals surface area (Å²) < 4.78 is 1.84. The fourth-order valence-electron chi connectivity index (χ4n) is 3.03. The second-order valence-electron chi connectivity index (χ2n) is 5.62. The van der Waals surface area contributed by atoms with Gasteiger partial charge in [0.25, 0.3) is 0 Å². The van der Waals surface area contributed by atoms with Gasteiger partial charge in [-0.3, -0.25) is 4.79 Å². The summed E-state index contributed by atoms with van der Waals surface area (Å²) in [6.07, 6.45) is 17.9. The lowest BCUT2D eigenvalue weighted by molar-refractivity contribution is 0.0947. The Morgan fingerprint density at radius 2 is 2.14 bits per heavy atom. The predicted molar refractivity (Wildman–Crippen MR) is 87.4 cm³/mol. The zero-order valence-electron chi connectivity index (χ0n) is 12.1. The molecule has 0 bridgehead atoms. The van der Waals surface area contributed by atoms with Crippen molar-refractivity contribution in [3.63, 3.8) is 0 Å². The predicted octanol–water partition coefficient (Wildman–Crippen LogP) is 4.07. The summed E-state index contributed by atoms with van der Waals surface area (Å²) in [6.45, 7) is 0. The minimum Gasteiger partial charge on any atom is -0.323 e. The Morgan fingerprint density at radius 1 is 1.18 bits per heavy atom. The monoisotopic (exact) mass is 288 g/mol. The molecule has 2 aliphatic carbocycles. The lowest BCUT2D eigenvalue weighted by Gasteiger charge is -2.20. The number of carbonyl (C=O) groups is 1. The fourth-order valence-corrected chi connectivity index (χ4v) is 3.03. The minimum atomic E-state index is -0.291. The molecule has 2 aromatic rings. The van der Waals surface area contributed by atoms with E-state index in [9.17, 15) is 4.79 Å². The number of rotatable bonds is 2. The molecule has 1 aromatic carbocycles. The van der Waals surface area contributed by atoms with Crippen LogP contribution in [0.2, 0.25) is 0 Å². The third kappa shape index (κ3) is 2.15. The van der Waals surface area contributed by atoms with Crippen LogP contribution in [0.4, 0.5) is 0 Å². The Bertz CT molecular complexity index is 810. The molecule has 1 aromatic heterocycles. The van der Waals surface area contributed by atoms with Crippen molar-refractivity contribution >= 4 is 17.4 Å². The van der Waals surface area contributed by atoms with Gasteiger partial charge in [-0.05, 0) is 35.6 Å². The molecule has 3 heteroatoms. The van der Waals surface area contributed by atoms with E-state index in [1.165, 1.54) is 5.57 Å². The van der Waals surface area contributed by atoms with Crippen molar-refractivity contribution in [2.75, 3.05) is 0 Å². The number of benzene rings is 1. The van der Waals surface area contributed by atoms with Crippen LogP contribution in [0, 0.1) is 0 Å². The Kier molecular flexibility index (Phi) is 3.11. The maximum Gasteiger partial charge on any atom is 0.190 e. The number of allylic oxidation sites excluding steroid dienone is 5. The average molecular weight is 288 g/mol. The zero-order valence-corrected chi connectivity index (χ0v) is 12.1. The number of imidazole rings is 1. The largest absolute Gasteiger partial charge is 0.323 e. The lowest BCUT2D eigenvalue weighted by Crippen LogP contribution is -2.20. The summed E-state index contributed by atoms with van der Waals surface area (Å²) in [7, 11) is 0. The molecule has 0 fully saturated rings. The molecular formula is C19H16N2O. The molecule has 0 aliphatic heterocycles. The highest BCUT2D eigenvalue weighted by Crippen LogP contribution is 2.30. The van der Waals surface area contributed by atoms with E-state index in [4.69, 9.17) is 0 Å². The van der Waals surface area contributed by atoms with Gasteiger partial charge in [0.2, 0.25) is 0 Å². The highest BCUT2D eigenvalue weighted by molar-refractivity contribution is 6.06. The molecule has 2 aliphatic rings. The van der Waals surface area contributed by atoms with Gasteiger partial charge >= 0.3 is 0 Å². The van der Waals surface area contributed by atoms with Crippen molar-refractivity contribution in [2.45, 2.75) is 18.9 Å². The van der Waals surface area contributed by atoms with Gasteiger partial charge in [-0.2, -0.15) is 0 Å². The van der Waals surface area contributed by atoms with E-state index >= 15 is 0 Å². The summed E-state index contributed by atoms with van der Waals surface area (Å²) in [5.41, 5.74) is 4.10. The Hall–Kier alpha value is -2.68. The molecule has 0 saturated carbocycles. The molecule has 22 heavy (non-hydrogen) atoms. The highest BCUT2D eigenvalue weighted by atomic mass is 16.1. The van der Waals surface area contributed by atoms with Crippen LogP contribution in [0.5, 0.6) is 0 Å². The molecular weight excluding hydrogens is 272 g/mol. The van der Waals surface area contributed by atoms with Gasteiger partial charge in [0.15, 0.2) is 5.78 Å². The molecule has 1 atom stereocenters. The van der Waals surface area contributed by atoms with Crippen LogP contribution in [0.3, 0.4) is 0 Å². The Labute approximate surface area is 129 Å². The molecule has 4 rings (SSSR count). The SMILES string of the molecule is O=C1c2cc(C3=CCCC=C3)ccc2C=CC1n1ccnc1. The fraction of sp³-hybridized carbons (Fsp3) is 0.158. The van der Waals surface area contributed by atoms with E-state index in [1.54, 1.807) is 12.5 Å². The summed E-state index contributed by atoms with van der Waals surface area (Å²) in [6, 6.07) is 5.86. The van der Waals surface area contributed by atoms with Crippen molar-refractivity contribution in [2.24, 2.45) is 0 Å². The average Bonchev–Trinajstić information content (AvgIpc) is 3.10. The summed E-state index contributed by atoms with van der Waals surface area (Å²) in [5.74, 6) is 0.123. The van der Waals surface area contributed by atoms with Crippen molar-refractivity contribution < 1.29 is 4.79 Å².